The van der Waals surface area contributed by atoms with Crippen LogP contribution in [0.4, 0.5) is 9.18 Å². The molecule has 0 aromatic carbocycles. The molecule has 1 aromatic heterocycles. The van der Waals surface area contributed by atoms with Crippen LogP contribution in [-0.4, -0.2) is 23.8 Å². The summed E-state index contributed by atoms with van der Waals surface area (Å²) in [7, 11) is 0. The first-order chi connectivity index (χ1) is 7.49. The van der Waals surface area contributed by atoms with Gasteiger partial charge in [-0.15, -0.1) is 0 Å². The van der Waals surface area contributed by atoms with Crippen LogP contribution in [0.5, 0.6) is 5.88 Å². The third kappa shape index (κ3) is 3.90. The molecule has 0 saturated heterocycles. The Balaban J connectivity index is 2.54. The highest BCUT2D eigenvalue weighted by atomic mass is 35.5. The molecular weight excluding hydrogens is 239 g/mol. The van der Waals surface area contributed by atoms with Gasteiger partial charge in [0.1, 0.15) is 17.9 Å². The van der Waals surface area contributed by atoms with E-state index in [2.05, 4.69) is 9.72 Å². The van der Waals surface area contributed by atoms with Crippen LogP contribution in [0.15, 0.2) is 12.1 Å². The second-order valence-corrected chi connectivity index (χ2v) is 3.37. The van der Waals surface area contributed by atoms with Gasteiger partial charge in [0.15, 0.2) is 5.82 Å². The van der Waals surface area contributed by atoms with Crippen molar-refractivity contribution in [1.29, 1.82) is 0 Å². The van der Waals surface area contributed by atoms with E-state index in [1.807, 2.05) is 0 Å². The molecule has 7 heteroatoms. The Labute approximate surface area is 96.3 Å². The molecule has 16 heavy (non-hydrogen) atoms. The Morgan fingerprint density at radius 1 is 1.69 bits per heavy atom. The predicted molar refractivity (Wildman–Crippen MR) is 54.8 cm³/mol. The van der Waals surface area contributed by atoms with Crippen molar-refractivity contribution in [3.05, 3.63) is 23.1 Å². The number of halogens is 2. The lowest BCUT2D eigenvalue weighted by atomic mass is 10.4. The molecule has 0 aliphatic rings. The number of rotatable bonds is 4. The molecule has 1 amide bonds. The van der Waals surface area contributed by atoms with Crippen molar-refractivity contribution in [2.45, 2.75) is 13.0 Å². The summed E-state index contributed by atoms with van der Waals surface area (Å²) >= 11 is 5.55. The molecule has 88 valence electrons. The number of primary amides is 1. The zero-order valence-corrected chi connectivity index (χ0v) is 9.20. The lowest BCUT2D eigenvalue weighted by Gasteiger charge is -2.12. The topological polar surface area (TPSA) is 74.4 Å². The summed E-state index contributed by atoms with van der Waals surface area (Å²) in [6.45, 7) is 1.49. The Hall–Kier alpha value is -1.56. The minimum absolute atomic E-state index is 0.0623. The Morgan fingerprint density at radius 2 is 2.38 bits per heavy atom. The maximum atomic E-state index is 13.1. The van der Waals surface area contributed by atoms with Crippen LogP contribution in [-0.2, 0) is 4.74 Å². The van der Waals surface area contributed by atoms with Gasteiger partial charge >= 0.3 is 6.09 Å². The molecule has 1 aromatic rings. The zero-order valence-electron chi connectivity index (χ0n) is 8.44. The average molecular weight is 249 g/mol. The van der Waals surface area contributed by atoms with Crippen LogP contribution < -0.4 is 10.5 Å². The van der Waals surface area contributed by atoms with Crippen molar-refractivity contribution in [2.75, 3.05) is 6.61 Å². The van der Waals surface area contributed by atoms with Crippen LogP contribution in [0.1, 0.15) is 6.92 Å². The van der Waals surface area contributed by atoms with E-state index >= 15 is 0 Å². The van der Waals surface area contributed by atoms with Crippen molar-refractivity contribution >= 4 is 17.7 Å². The number of hydrogen-bond donors (Lipinski definition) is 1. The molecule has 0 aliphatic carbocycles. The third-order valence-corrected chi connectivity index (χ3v) is 1.76. The molecule has 0 bridgehead atoms. The fraction of sp³-hybridized carbons (Fsp3) is 0.333. The summed E-state index contributed by atoms with van der Waals surface area (Å²) in [6.07, 6.45) is -1.52. The van der Waals surface area contributed by atoms with Crippen LogP contribution >= 0.6 is 11.6 Å². The highest BCUT2D eigenvalue weighted by molar-refractivity contribution is 6.29. The van der Waals surface area contributed by atoms with Crippen molar-refractivity contribution in [2.24, 2.45) is 5.73 Å². The van der Waals surface area contributed by atoms with Crippen molar-refractivity contribution in [3.63, 3.8) is 0 Å². The quantitative estimate of drug-likeness (QED) is 0.824. The smallest absolute Gasteiger partial charge is 0.404 e. The maximum Gasteiger partial charge on any atom is 0.404 e. The van der Waals surface area contributed by atoms with Gasteiger partial charge in [0.25, 0.3) is 5.88 Å². The van der Waals surface area contributed by atoms with Crippen LogP contribution in [0, 0.1) is 5.82 Å². The van der Waals surface area contributed by atoms with E-state index in [-0.39, 0.29) is 17.6 Å². The summed E-state index contributed by atoms with van der Waals surface area (Å²) in [5, 5.41) is 0.111. The SMILES string of the molecule is CC(COc1nc(Cl)ccc1F)OC(N)=O. The van der Waals surface area contributed by atoms with E-state index in [1.54, 1.807) is 6.92 Å². The molecule has 5 nitrogen and oxygen atoms in total. The standard InChI is InChI=1S/C9H10ClFN2O3/c1-5(16-9(12)14)4-15-8-6(11)2-3-7(10)13-8/h2-3,5H,4H2,1H3,(H2,12,14). The predicted octanol–water partition coefficient (Wildman–Crippen LogP) is 1.74. The Kier molecular flexibility index (Phi) is 4.30. The second kappa shape index (κ2) is 5.50. The molecule has 0 aliphatic heterocycles. The van der Waals surface area contributed by atoms with Gasteiger partial charge in [-0.05, 0) is 19.1 Å². The highest BCUT2D eigenvalue weighted by Gasteiger charge is 2.10. The number of nitrogens with zero attached hydrogens (tertiary/aromatic N) is 1. The molecule has 1 rings (SSSR count). The van der Waals surface area contributed by atoms with E-state index < -0.39 is 18.0 Å². The first-order valence-electron chi connectivity index (χ1n) is 4.40. The lowest BCUT2D eigenvalue weighted by molar-refractivity contribution is 0.0794. The Bertz CT molecular complexity index is 389. The largest absolute Gasteiger partial charge is 0.472 e. The molecule has 1 heterocycles. The monoisotopic (exact) mass is 248 g/mol. The average Bonchev–Trinajstić information content (AvgIpc) is 2.18. The van der Waals surface area contributed by atoms with Gasteiger partial charge in [-0.1, -0.05) is 11.6 Å². The molecule has 0 saturated carbocycles. The van der Waals surface area contributed by atoms with Gasteiger partial charge in [-0.2, -0.15) is 4.98 Å². The van der Waals surface area contributed by atoms with Gasteiger partial charge in [0, 0.05) is 0 Å². The van der Waals surface area contributed by atoms with Gasteiger partial charge in [-0.3, -0.25) is 0 Å². The van der Waals surface area contributed by atoms with E-state index in [1.165, 1.54) is 6.07 Å². The lowest BCUT2D eigenvalue weighted by Crippen LogP contribution is -2.25. The fourth-order valence-corrected chi connectivity index (χ4v) is 1.07. The number of hydrogen-bond acceptors (Lipinski definition) is 4. The van der Waals surface area contributed by atoms with Crippen LogP contribution in [0.3, 0.4) is 0 Å². The second-order valence-electron chi connectivity index (χ2n) is 2.98. The molecule has 1 atom stereocenters. The fourth-order valence-electron chi connectivity index (χ4n) is 0.931. The number of carbonyl (C=O) groups is 1. The van der Waals surface area contributed by atoms with E-state index in [4.69, 9.17) is 22.1 Å². The Morgan fingerprint density at radius 3 is 3.00 bits per heavy atom. The van der Waals surface area contributed by atoms with Gasteiger partial charge < -0.3 is 15.2 Å². The van der Waals surface area contributed by atoms with Crippen LogP contribution in [0.25, 0.3) is 0 Å². The van der Waals surface area contributed by atoms with E-state index in [9.17, 15) is 9.18 Å². The summed E-state index contributed by atoms with van der Waals surface area (Å²) in [6, 6.07) is 2.43. The van der Waals surface area contributed by atoms with Crippen molar-refractivity contribution < 1.29 is 18.7 Å². The first-order valence-corrected chi connectivity index (χ1v) is 4.77. The number of aromatic nitrogens is 1. The number of ether oxygens (including phenoxy) is 2. The third-order valence-electron chi connectivity index (χ3n) is 1.55. The van der Waals surface area contributed by atoms with Gasteiger partial charge in [-0.25, -0.2) is 9.18 Å². The molecule has 0 fully saturated rings. The summed E-state index contributed by atoms with van der Waals surface area (Å²) in [5.41, 5.74) is 4.79. The minimum Gasteiger partial charge on any atom is -0.472 e. The maximum absolute atomic E-state index is 13.1. The normalized spacial score (nSPS) is 11.9. The minimum atomic E-state index is -0.921. The zero-order chi connectivity index (χ0) is 12.1. The molecule has 0 radical (unpaired) electrons. The summed E-state index contributed by atoms with van der Waals surface area (Å²) in [5.74, 6) is -0.886. The summed E-state index contributed by atoms with van der Waals surface area (Å²) in [4.78, 5) is 14.0. The molecule has 0 spiro atoms. The molecule has 1 unspecified atom stereocenters. The van der Waals surface area contributed by atoms with Gasteiger partial charge in [0.05, 0.1) is 0 Å². The number of amides is 1. The summed E-state index contributed by atoms with van der Waals surface area (Å²) < 4.78 is 22.7. The van der Waals surface area contributed by atoms with Crippen molar-refractivity contribution in [3.8, 4) is 5.88 Å². The van der Waals surface area contributed by atoms with Gasteiger partial charge in [0.2, 0.25) is 0 Å². The number of carbonyl (C=O) groups excluding carboxylic acids is 1. The molecular formula is C9H10ClFN2O3. The number of nitrogens with two attached hydrogens (primary N) is 1. The number of pyridine rings is 1. The van der Waals surface area contributed by atoms with Crippen LogP contribution in [0.2, 0.25) is 5.15 Å². The molecule has 2 N–H and O–H groups in total. The van der Waals surface area contributed by atoms with E-state index in [0.717, 1.165) is 6.07 Å². The van der Waals surface area contributed by atoms with Crippen molar-refractivity contribution in [1.82, 2.24) is 4.98 Å². The first kappa shape index (κ1) is 12.5. The highest BCUT2D eigenvalue weighted by Crippen LogP contribution is 2.17. The van der Waals surface area contributed by atoms with E-state index in [0.29, 0.717) is 0 Å².